The molecule has 0 saturated carbocycles. The minimum Gasteiger partial charge on any atom is -0.326 e. The zero-order valence-electron chi connectivity index (χ0n) is 14.2. The highest BCUT2D eigenvalue weighted by Crippen LogP contribution is 2.15. The average molecular weight is 449 g/mol. The molecule has 0 heterocycles. The third-order valence-electron chi connectivity index (χ3n) is 3.54. The lowest BCUT2D eigenvalue weighted by atomic mass is 10.1. The maximum Gasteiger partial charge on any atom is 0.271 e. The van der Waals surface area contributed by atoms with Gasteiger partial charge < -0.3 is 5.32 Å². The number of hydrogen-bond acceptors (Lipinski definition) is 3. The first-order chi connectivity index (χ1) is 12.0. The fourth-order valence-corrected chi connectivity index (χ4v) is 2.59. The molecule has 2 rings (SSSR count). The molecule has 0 saturated heterocycles. The number of halogens is 1. The SMILES string of the molecule is CCc1ccccc1NC(=O)C/C(C)=N\NC(=O)c1ccc(I)cc1. The van der Waals surface area contributed by atoms with E-state index in [0.29, 0.717) is 11.3 Å². The van der Waals surface area contributed by atoms with Crippen molar-refractivity contribution in [3.8, 4) is 0 Å². The van der Waals surface area contributed by atoms with Gasteiger partial charge in [-0.05, 0) is 71.8 Å². The summed E-state index contributed by atoms with van der Waals surface area (Å²) in [5.74, 6) is -0.460. The molecule has 2 aromatic rings. The number of nitrogens with one attached hydrogen (secondary N) is 2. The van der Waals surface area contributed by atoms with Crippen LogP contribution in [0, 0.1) is 3.57 Å². The molecule has 0 atom stereocenters. The lowest BCUT2D eigenvalue weighted by molar-refractivity contribution is -0.115. The van der Waals surface area contributed by atoms with Crippen LogP contribution in [0.4, 0.5) is 5.69 Å². The molecule has 25 heavy (non-hydrogen) atoms. The summed E-state index contributed by atoms with van der Waals surface area (Å²) in [5, 5.41) is 6.89. The number of carbonyl (C=O) groups excluding carboxylic acids is 2. The molecule has 6 heteroatoms. The minimum absolute atomic E-state index is 0.116. The summed E-state index contributed by atoms with van der Waals surface area (Å²) in [6.07, 6.45) is 0.959. The van der Waals surface area contributed by atoms with Gasteiger partial charge in [0.15, 0.2) is 0 Å². The number of hydrazone groups is 1. The van der Waals surface area contributed by atoms with Crippen molar-refractivity contribution in [2.75, 3.05) is 5.32 Å². The normalized spacial score (nSPS) is 11.1. The van der Waals surface area contributed by atoms with E-state index in [1.165, 1.54) is 0 Å². The number of amides is 2. The van der Waals surface area contributed by atoms with Gasteiger partial charge in [0.25, 0.3) is 5.91 Å². The number of nitrogens with zero attached hydrogens (tertiary/aromatic N) is 1. The van der Waals surface area contributed by atoms with Gasteiger partial charge in [-0.15, -0.1) is 0 Å². The van der Waals surface area contributed by atoms with Crippen LogP contribution < -0.4 is 10.7 Å². The van der Waals surface area contributed by atoms with E-state index in [1.54, 1.807) is 19.1 Å². The molecule has 0 radical (unpaired) electrons. The number of carbonyl (C=O) groups is 2. The van der Waals surface area contributed by atoms with E-state index in [2.05, 4.69) is 38.4 Å². The Morgan fingerprint density at radius 1 is 1.08 bits per heavy atom. The second-order valence-corrected chi connectivity index (χ2v) is 6.78. The molecule has 130 valence electrons. The van der Waals surface area contributed by atoms with Crippen molar-refractivity contribution in [2.45, 2.75) is 26.7 Å². The molecule has 0 aliphatic heterocycles. The molecule has 0 unspecified atom stereocenters. The van der Waals surface area contributed by atoms with Gasteiger partial charge in [-0.1, -0.05) is 25.1 Å². The fourth-order valence-electron chi connectivity index (χ4n) is 2.23. The summed E-state index contributed by atoms with van der Waals surface area (Å²) < 4.78 is 1.05. The summed E-state index contributed by atoms with van der Waals surface area (Å²) in [6.45, 7) is 3.75. The molecule has 2 N–H and O–H groups in total. The van der Waals surface area contributed by atoms with Gasteiger partial charge in [-0.3, -0.25) is 9.59 Å². The zero-order valence-corrected chi connectivity index (χ0v) is 16.3. The van der Waals surface area contributed by atoms with Crippen LogP contribution in [0.25, 0.3) is 0 Å². The van der Waals surface area contributed by atoms with Gasteiger partial charge in [0.2, 0.25) is 5.91 Å². The second-order valence-electron chi connectivity index (χ2n) is 5.53. The summed E-state index contributed by atoms with van der Waals surface area (Å²) in [7, 11) is 0. The summed E-state index contributed by atoms with van der Waals surface area (Å²) in [5.41, 5.74) is 5.43. The Kier molecular flexibility index (Phi) is 7.12. The maximum absolute atomic E-state index is 12.1. The van der Waals surface area contributed by atoms with E-state index in [4.69, 9.17) is 0 Å². The average Bonchev–Trinajstić information content (AvgIpc) is 2.60. The van der Waals surface area contributed by atoms with Crippen molar-refractivity contribution in [2.24, 2.45) is 5.10 Å². The van der Waals surface area contributed by atoms with Crippen LogP contribution in [0.2, 0.25) is 0 Å². The largest absolute Gasteiger partial charge is 0.326 e. The van der Waals surface area contributed by atoms with Crippen molar-refractivity contribution >= 4 is 45.8 Å². The van der Waals surface area contributed by atoms with Crippen molar-refractivity contribution in [1.29, 1.82) is 0 Å². The van der Waals surface area contributed by atoms with E-state index < -0.39 is 0 Å². The van der Waals surface area contributed by atoms with Crippen molar-refractivity contribution in [3.63, 3.8) is 0 Å². The number of para-hydroxylation sites is 1. The Bertz CT molecular complexity index is 786. The molecule has 0 bridgehead atoms. The maximum atomic E-state index is 12.1. The van der Waals surface area contributed by atoms with Crippen LogP contribution in [0.5, 0.6) is 0 Å². The van der Waals surface area contributed by atoms with Crippen LogP contribution in [0.15, 0.2) is 53.6 Å². The molecule has 5 nitrogen and oxygen atoms in total. The Morgan fingerprint density at radius 2 is 1.76 bits per heavy atom. The van der Waals surface area contributed by atoms with Crippen molar-refractivity contribution in [1.82, 2.24) is 5.43 Å². The first-order valence-corrected chi connectivity index (χ1v) is 9.04. The number of aryl methyl sites for hydroxylation is 1. The highest BCUT2D eigenvalue weighted by atomic mass is 127. The molecule has 0 fully saturated rings. The topological polar surface area (TPSA) is 70.6 Å². The highest BCUT2D eigenvalue weighted by molar-refractivity contribution is 14.1. The van der Waals surface area contributed by atoms with Crippen molar-refractivity contribution < 1.29 is 9.59 Å². The van der Waals surface area contributed by atoms with Crippen LogP contribution in [-0.4, -0.2) is 17.5 Å². The van der Waals surface area contributed by atoms with Crippen molar-refractivity contribution in [3.05, 3.63) is 63.2 Å². The monoisotopic (exact) mass is 449 g/mol. The second kappa shape index (κ2) is 9.31. The van der Waals surface area contributed by atoms with Gasteiger partial charge in [-0.25, -0.2) is 5.43 Å². The molecular formula is C19H20IN3O2. The van der Waals surface area contributed by atoms with Crippen LogP contribution >= 0.6 is 22.6 Å². The summed E-state index contributed by atoms with van der Waals surface area (Å²) >= 11 is 2.18. The molecule has 2 amide bonds. The lowest BCUT2D eigenvalue weighted by Gasteiger charge is -2.09. The van der Waals surface area contributed by atoms with Gasteiger partial charge >= 0.3 is 0 Å². The Morgan fingerprint density at radius 3 is 2.44 bits per heavy atom. The van der Waals surface area contributed by atoms with E-state index in [-0.39, 0.29) is 18.2 Å². The highest BCUT2D eigenvalue weighted by Gasteiger charge is 2.08. The number of anilines is 1. The molecule has 2 aromatic carbocycles. The minimum atomic E-state index is -0.299. The predicted octanol–water partition coefficient (Wildman–Crippen LogP) is 3.99. The van der Waals surface area contributed by atoms with E-state index >= 15 is 0 Å². The molecular weight excluding hydrogens is 429 g/mol. The first kappa shape index (κ1) is 19.1. The predicted molar refractivity (Wildman–Crippen MR) is 109 cm³/mol. The number of benzene rings is 2. The zero-order chi connectivity index (χ0) is 18.2. The van der Waals surface area contributed by atoms with Crippen LogP contribution in [-0.2, 0) is 11.2 Å². The van der Waals surface area contributed by atoms with E-state index in [0.717, 1.165) is 21.2 Å². The van der Waals surface area contributed by atoms with Gasteiger partial charge in [0.1, 0.15) is 0 Å². The molecule has 0 aliphatic carbocycles. The standard InChI is InChI=1S/C19H20IN3O2/c1-3-14-6-4-5-7-17(14)21-18(24)12-13(2)22-23-19(25)15-8-10-16(20)11-9-15/h4-11H,3,12H2,1-2H3,(H,21,24)(H,23,25)/b22-13-. The van der Waals surface area contributed by atoms with Gasteiger partial charge in [-0.2, -0.15) is 5.10 Å². The molecule has 0 spiro atoms. The molecule has 0 aromatic heterocycles. The van der Waals surface area contributed by atoms with E-state index in [1.807, 2.05) is 43.3 Å². The Balaban J connectivity index is 1.90. The quantitative estimate of drug-likeness (QED) is 0.398. The lowest BCUT2D eigenvalue weighted by Crippen LogP contribution is -2.21. The van der Waals surface area contributed by atoms with Crippen LogP contribution in [0.3, 0.4) is 0 Å². The first-order valence-electron chi connectivity index (χ1n) is 7.96. The number of rotatable bonds is 6. The third-order valence-corrected chi connectivity index (χ3v) is 4.26. The third kappa shape index (κ3) is 5.97. The molecule has 0 aliphatic rings. The van der Waals surface area contributed by atoms with E-state index in [9.17, 15) is 9.59 Å². The van der Waals surface area contributed by atoms with Crippen LogP contribution in [0.1, 0.15) is 36.2 Å². The van der Waals surface area contributed by atoms with Gasteiger partial charge in [0.05, 0.1) is 6.42 Å². The number of hydrogen-bond donors (Lipinski definition) is 2. The summed E-state index contributed by atoms with van der Waals surface area (Å²) in [6, 6.07) is 14.9. The fraction of sp³-hybridized carbons (Fsp3) is 0.211. The summed E-state index contributed by atoms with van der Waals surface area (Å²) in [4.78, 5) is 24.1. The van der Waals surface area contributed by atoms with Gasteiger partial charge in [0, 0.05) is 20.5 Å². The Labute approximate surface area is 161 Å². The smallest absolute Gasteiger partial charge is 0.271 e. The Hall–Kier alpha value is -2.22.